The molecule has 0 saturated heterocycles. The summed E-state index contributed by atoms with van der Waals surface area (Å²) in [5.41, 5.74) is 2.27. The molecule has 0 spiro atoms. The Kier molecular flexibility index (Phi) is 5.77. The summed E-state index contributed by atoms with van der Waals surface area (Å²) in [4.78, 5) is 26.6. The Hall–Kier alpha value is -1.88. The third kappa shape index (κ3) is 3.72. The lowest BCUT2D eigenvalue weighted by Crippen LogP contribution is -2.26. The molecule has 1 aromatic rings. The van der Waals surface area contributed by atoms with Crippen molar-refractivity contribution in [2.45, 2.75) is 26.7 Å². The van der Waals surface area contributed by atoms with Crippen molar-refractivity contribution < 1.29 is 14.3 Å². The summed E-state index contributed by atoms with van der Waals surface area (Å²) in [5, 5.41) is 0. The number of allylic oxidation sites excluding steroid dienone is 1. The molecule has 0 unspecified atom stereocenters. The summed E-state index contributed by atoms with van der Waals surface area (Å²) in [5.74, 6) is -0.618. The number of amides is 1. The first-order chi connectivity index (χ1) is 11.0. The molecule has 0 bridgehead atoms. The van der Waals surface area contributed by atoms with Gasteiger partial charge in [0.15, 0.2) is 0 Å². The van der Waals surface area contributed by atoms with Crippen LogP contribution in [0.1, 0.15) is 32.3 Å². The molecule has 0 saturated carbocycles. The SMILES string of the molecule is CCCCN1C(=O)/C(=C\c2cccc(Br)c2)C(C(=O)OC)=C1C. The molecule has 2 rings (SSSR count). The summed E-state index contributed by atoms with van der Waals surface area (Å²) in [6.07, 6.45) is 3.62. The molecular formula is C18H20BrNO3. The van der Waals surface area contributed by atoms with Gasteiger partial charge in [0, 0.05) is 16.7 Å². The largest absolute Gasteiger partial charge is 0.465 e. The van der Waals surface area contributed by atoms with Gasteiger partial charge in [-0.1, -0.05) is 41.4 Å². The highest BCUT2D eigenvalue weighted by Crippen LogP contribution is 2.32. The fraction of sp³-hybridized carbons (Fsp3) is 0.333. The number of carbonyl (C=O) groups excluding carboxylic acids is 2. The van der Waals surface area contributed by atoms with Crippen molar-refractivity contribution in [2.75, 3.05) is 13.7 Å². The van der Waals surface area contributed by atoms with Crippen molar-refractivity contribution >= 4 is 33.9 Å². The van der Waals surface area contributed by atoms with Crippen molar-refractivity contribution in [1.29, 1.82) is 0 Å². The van der Waals surface area contributed by atoms with E-state index in [0.29, 0.717) is 23.4 Å². The number of nitrogens with zero attached hydrogens (tertiary/aromatic N) is 1. The number of halogens is 1. The lowest BCUT2D eigenvalue weighted by atomic mass is 10.0. The maximum Gasteiger partial charge on any atom is 0.340 e. The van der Waals surface area contributed by atoms with Gasteiger partial charge in [-0.25, -0.2) is 4.79 Å². The lowest BCUT2D eigenvalue weighted by Gasteiger charge is -2.17. The Balaban J connectivity index is 2.47. The summed E-state index contributed by atoms with van der Waals surface area (Å²) in [6.45, 7) is 4.47. The molecule has 0 N–H and O–H groups in total. The molecule has 1 aromatic carbocycles. The maximum absolute atomic E-state index is 12.7. The van der Waals surface area contributed by atoms with Crippen molar-refractivity contribution in [1.82, 2.24) is 4.90 Å². The van der Waals surface area contributed by atoms with Gasteiger partial charge < -0.3 is 9.64 Å². The fourth-order valence-corrected chi connectivity index (χ4v) is 2.99. The second-order valence-corrected chi connectivity index (χ2v) is 6.29. The molecule has 5 heteroatoms. The van der Waals surface area contributed by atoms with Crippen LogP contribution in [-0.4, -0.2) is 30.4 Å². The molecule has 0 atom stereocenters. The number of ether oxygens (including phenoxy) is 1. The number of carbonyl (C=O) groups is 2. The van der Waals surface area contributed by atoms with Crippen LogP contribution in [0.5, 0.6) is 0 Å². The minimum atomic E-state index is -0.476. The predicted molar refractivity (Wildman–Crippen MR) is 93.5 cm³/mol. The number of esters is 1. The molecule has 4 nitrogen and oxygen atoms in total. The smallest absolute Gasteiger partial charge is 0.340 e. The molecule has 122 valence electrons. The molecule has 0 radical (unpaired) electrons. The quantitative estimate of drug-likeness (QED) is 0.576. The second kappa shape index (κ2) is 7.59. The maximum atomic E-state index is 12.7. The average molecular weight is 378 g/mol. The van der Waals surface area contributed by atoms with E-state index >= 15 is 0 Å². The van der Waals surface area contributed by atoms with Gasteiger partial charge in [0.1, 0.15) is 0 Å². The molecule has 1 amide bonds. The summed E-state index contributed by atoms with van der Waals surface area (Å²) in [6, 6.07) is 7.59. The molecular weight excluding hydrogens is 358 g/mol. The van der Waals surface area contributed by atoms with E-state index in [0.717, 1.165) is 22.9 Å². The summed E-state index contributed by atoms with van der Waals surface area (Å²) >= 11 is 3.41. The van der Waals surface area contributed by atoms with Gasteiger partial charge in [-0.3, -0.25) is 4.79 Å². The van der Waals surface area contributed by atoms with Crippen LogP contribution in [0, 0.1) is 0 Å². The number of hydrogen-bond donors (Lipinski definition) is 0. The molecule has 1 aliphatic heterocycles. The van der Waals surface area contributed by atoms with Gasteiger partial charge in [-0.05, 0) is 37.1 Å². The Labute approximate surface area is 144 Å². The number of hydrogen-bond acceptors (Lipinski definition) is 3. The predicted octanol–water partition coefficient (Wildman–Crippen LogP) is 3.92. The van der Waals surface area contributed by atoms with E-state index in [1.165, 1.54) is 7.11 Å². The van der Waals surface area contributed by atoms with Crippen LogP contribution in [0.3, 0.4) is 0 Å². The zero-order valence-electron chi connectivity index (χ0n) is 13.6. The number of rotatable bonds is 5. The molecule has 1 aliphatic rings. The van der Waals surface area contributed by atoms with Crippen molar-refractivity contribution in [3.05, 3.63) is 51.1 Å². The Morgan fingerprint density at radius 3 is 2.74 bits per heavy atom. The van der Waals surface area contributed by atoms with Crippen LogP contribution in [0.15, 0.2) is 45.6 Å². The van der Waals surface area contributed by atoms with Crippen LogP contribution in [-0.2, 0) is 14.3 Å². The first-order valence-corrected chi connectivity index (χ1v) is 8.37. The number of methoxy groups -OCH3 is 1. The van der Waals surface area contributed by atoms with E-state index in [1.54, 1.807) is 17.9 Å². The highest BCUT2D eigenvalue weighted by molar-refractivity contribution is 9.10. The number of benzene rings is 1. The summed E-state index contributed by atoms with van der Waals surface area (Å²) in [7, 11) is 1.33. The van der Waals surface area contributed by atoms with Crippen molar-refractivity contribution in [3.63, 3.8) is 0 Å². The second-order valence-electron chi connectivity index (χ2n) is 5.38. The highest BCUT2D eigenvalue weighted by Gasteiger charge is 2.36. The van der Waals surface area contributed by atoms with Crippen LogP contribution < -0.4 is 0 Å². The first-order valence-electron chi connectivity index (χ1n) is 7.58. The van der Waals surface area contributed by atoms with Gasteiger partial charge in [0.2, 0.25) is 0 Å². The van der Waals surface area contributed by atoms with E-state index in [2.05, 4.69) is 22.9 Å². The standard InChI is InChI=1S/C18H20BrNO3/c1-4-5-9-20-12(2)16(18(22)23-3)15(17(20)21)11-13-7-6-8-14(19)10-13/h6-8,10-11H,4-5,9H2,1-3H3/b15-11-. The highest BCUT2D eigenvalue weighted by atomic mass is 79.9. The fourth-order valence-electron chi connectivity index (χ4n) is 2.58. The van der Waals surface area contributed by atoms with E-state index in [-0.39, 0.29) is 5.91 Å². The minimum absolute atomic E-state index is 0.142. The normalized spacial score (nSPS) is 16.4. The Bertz CT molecular complexity index is 691. The first kappa shape index (κ1) is 17.5. The minimum Gasteiger partial charge on any atom is -0.465 e. The van der Waals surface area contributed by atoms with Gasteiger partial charge >= 0.3 is 5.97 Å². The third-order valence-corrected chi connectivity index (χ3v) is 4.29. The molecule has 0 aromatic heterocycles. The van der Waals surface area contributed by atoms with E-state index < -0.39 is 5.97 Å². The monoisotopic (exact) mass is 377 g/mol. The zero-order valence-corrected chi connectivity index (χ0v) is 15.1. The lowest BCUT2D eigenvalue weighted by molar-refractivity contribution is -0.136. The molecule has 0 aliphatic carbocycles. The third-order valence-electron chi connectivity index (χ3n) is 3.80. The van der Waals surface area contributed by atoms with Gasteiger partial charge in [-0.15, -0.1) is 0 Å². The topological polar surface area (TPSA) is 46.6 Å². The van der Waals surface area contributed by atoms with Gasteiger partial charge in [-0.2, -0.15) is 0 Å². The summed E-state index contributed by atoms with van der Waals surface area (Å²) < 4.78 is 5.79. The Morgan fingerprint density at radius 1 is 1.39 bits per heavy atom. The van der Waals surface area contributed by atoms with E-state index in [4.69, 9.17) is 4.74 Å². The molecule has 0 fully saturated rings. The van der Waals surface area contributed by atoms with Crippen molar-refractivity contribution in [2.24, 2.45) is 0 Å². The van der Waals surface area contributed by atoms with Crippen LogP contribution in [0.2, 0.25) is 0 Å². The molecule has 23 heavy (non-hydrogen) atoms. The van der Waals surface area contributed by atoms with Crippen LogP contribution >= 0.6 is 15.9 Å². The van der Waals surface area contributed by atoms with Gasteiger partial charge in [0.05, 0.1) is 18.3 Å². The zero-order chi connectivity index (χ0) is 17.0. The van der Waals surface area contributed by atoms with Gasteiger partial charge in [0.25, 0.3) is 5.91 Å². The number of unbranched alkanes of at least 4 members (excludes halogenated alkanes) is 1. The van der Waals surface area contributed by atoms with E-state index in [9.17, 15) is 9.59 Å². The van der Waals surface area contributed by atoms with Crippen LogP contribution in [0.4, 0.5) is 0 Å². The Morgan fingerprint density at radius 2 is 2.13 bits per heavy atom. The average Bonchev–Trinajstić information content (AvgIpc) is 2.76. The molecule has 1 heterocycles. The van der Waals surface area contributed by atoms with Crippen LogP contribution in [0.25, 0.3) is 6.08 Å². The van der Waals surface area contributed by atoms with E-state index in [1.807, 2.05) is 24.3 Å². The van der Waals surface area contributed by atoms with Crippen molar-refractivity contribution in [3.8, 4) is 0 Å².